The van der Waals surface area contributed by atoms with Gasteiger partial charge in [0, 0.05) is 26.5 Å². The van der Waals surface area contributed by atoms with Gasteiger partial charge in [-0.3, -0.25) is 9.59 Å². The fourth-order valence-electron chi connectivity index (χ4n) is 1.26. The van der Waals surface area contributed by atoms with Gasteiger partial charge in [-0.05, 0) is 0 Å². The molecule has 2 amide bonds. The maximum Gasteiger partial charge on any atom is 0.305 e. The molecule has 0 aliphatic carbocycles. The van der Waals surface area contributed by atoms with Gasteiger partial charge in [-0.15, -0.1) is 6.04 Å². The Morgan fingerprint density at radius 3 is 1.95 bits per heavy atom. The van der Waals surface area contributed by atoms with Gasteiger partial charge in [0.1, 0.15) is 0 Å². The first kappa shape index (κ1) is 26.0. The van der Waals surface area contributed by atoms with Crippen LogP contribution in [0.3, 0.4) is 0 Å². The number of amides is 2. The van der Waals surface area contributed by atoms with E-state index in [1.54, 1.807) is 13.8 Å². The molecule has 0 aromatic heterocycles. The zero-order chi connectivity index (χ0) is 17.0. The van der Waals surface area contributed by atoms with Crippen molar-refractivity contribution < 1.29 is 39.9 Å². The topological polar surface area (TPSA) is 110 Å². The predicted molar refractivity (Wildman–Crippen MR) is 82.2 cm³/mol. The van der Waals surface area contributed by atoms with E-state index in [1.807, 2.05) is 27.7 Å². The van der Waals surface area contributed by atoms with E-state index >= 15 is 0 Å². The molecule has 1 atom stereocenters. The molecule has 22 heavy (non-hydrogen) atoms. The Labute approximate surface area is 146 Å². The molecule has 1 radical (unpaired) electrons. The number of hydrogen-bond donors (Lipinski definition) is 3. The van der Waals surface area contributed by atoms with Gasteiger partial charge in [-0.2, -0.15) is 0 Å². The largest absolute Gasteiger partial charge is 0.649 e. The minimum Gasteiger partial charge on any atom is -0.649 e. The molecule has 0 rings (SSSR count). The third kappa shape index (κ3) is 15.4. The third-order valence-corrected chi connectivity index (χ3v) is 2.07. The summed E-state index contributed by atoms with van der Waals surface area (Å²) < 4.78 is 0. The van der Waals surface area contributed by atoms with E-state index in [2.05, 4.69) is 16.0 Å². The van der Waals surface area contributed by atoms with Gasteiger partial charge in [0.2, 0.25) is 5.91 Å². The molecule has 0 aliphatic heterocycles. The zero-order valence-electron chi connectivity index (χ0n) is 14.1. The Bertz CT molecular complexity index is 336. The molecule has 0 aliphatic rings. The fraction of sp³-hybridized carbons (Fsp3) is 0.786. The second-order valence-corrected chi connectivity index (χ2v) is 4.81. The van der Waals surface area contributed by atoms with Crippen molar-refractivity contribution in [3.05, 3.63) is 5.32 Å². The van der Waals surface area contributed by atoms with Crippen molar-refractivity contribution >= 4 is 17.8 Å². The molecule has 0 saturated carbocycles. The monoisotopic (exact) mass is 489 g/mol. The van der Waals surface area contributed by atoms with Gasteiger partial charge in [-0.1, -0.05) is 41.5 Å². The Hall–Kier alpha value is -0.968. The number of carbonyl (C=O) groups excluding carboxylic acids is 2. The number of nitrogens with one attached hydrogen (secondary N) is 2. The van der Waals surface area contributed by atoms with Crippen molar-refractivity contribution in [1.82, 2.24) is 10.6 Å². The van der Waals surface area contributed by atoms with Gasteiger partial charge < -0.3 is 25.9 Å². The zero-order valence-corrected chi connectivity index (χ0v) is 16.9. The first-order chi connectivity index (χ1) is 9.72. The van der Waals surface area contributed by atoms with Gasteiger partial charge in [0.05, 0.1) is 24.9 Å². The second-order valence-electron chi connectivity index (χ2n) is 4.81. The normalized spacial score (nSPS) is 10.9. The van der Waals surface area contributed by atoms with Gasteiger partial charge in [0.25, 0.3) is 0 Å². The van der Waals surface area contributed by atoms with Gasteiger partial charge in [-0.25, -0.2) is 0 Å². The summed E-state index contributed by atoms with van der Waals surface area (Å²) in [6.45, 7) is 11.2. The van der Waals surface area contributed by atoms with E-state index in [0.717, 1.165) is 0 Å². The van der Waals surface area contributed by atoms with Crippen LogP contribution in [0.2, 0.25) is 0 Å². The number of nitrogens with zero attached hydrogens (tertiary/aromatic N) is 1. The standard InChI is InChI=1S/C12H23N3O4.C2H6.Re/c1-7(2)13-6-10(16)15-9(5-11(17)18)12(19)14-8(3)4;1-2;/h7-9,13H,5-6H2,1-4H3,(H3,14,15,16,17,18,19);1-2H3;/p-1. The Kier molecular flexibility index (Phi) is 17.6. The average molecular weight is 489 g/mol. The van der Waals surface area contributed by atoms with Crippen LogP contribution in [-0.2, 0) is 34.8 Å². The molecule has 131 valence electrons. The van der Waals surface area contributed by atoms with E-state index in [9.17, 15) is 14.4 Å². The Morgan fingerprint density at radius 1 is 1.09 bits per heavy atom. The number of carbonyl (C=O) groups is 3. The molecule has 0 aromatic carbocycles. The van der Waals surface area contributed by atoms with E-state index in [4.69, 9.17) is 5.11 Å². The molecule has 8 heteroatoms. The third-order valence-electron chi connectivity index (χ3n) is 2.07. The summed E-state index contributed by atoms with van der Waals surface area (Å²) >= 11 is 0. The first-order valence-corrected chi connectivity index (χ1v) is 7.21. The summed E-state index contributed by atoms with van der Waals surface area (Å²) in [5.74, 6) is -2.20. The summed E-state index contributed by atoms with van der Waals surface area (Å²) in [5.41, 5.74) is 0. The van der Waals surface area contributed by atoms with Crippen molar-refractivity contribution in [2.45, 2.75) is 66.1 Å². The molecule has 0 fully saturated rings. The fourth-order valence-corrected chi connectivity index (χ4v) is 1.26. The maximum atomic E-state index is 11.7. The molecular formula is C14H28N3O4Re-. The van der Waals surface area contributed by atoms with E-state index < -0.39 is 30.2 Å². The Balaban J connectivity index is -0.00000115. The number of carboxylic acid groups (broad SMARTS) is 1. The smallest absolute Gasteiger partial charge is 0.305 e. The number of rotatable bonds is 8. The molecule has 7 nitrogen and oxygen atoms in total. The van der Waals surface area contributed by atoms with Crippen LogP contribution in [0.4, 0.5) is 0 Å². The molecule has 3 N–H and O–H groups in total. The summed E-state index contributed by atoms with van der Waals surface area (Å²) in [7, 11) is 0. The van der Waals surface area contributed by atoms with Crippen LogP contribution in [0.15, 0.2) is 0 Å². The maximum absolute atomic E-state index is 11.7. The van der Waals surface area contributed by atoms with Crippen LogP contribution in [0.25, 0.3) is 5.32 Å². The summed E-state index contributed by atoms with van der Waals surface area (Å²) in [5, 5.41) is 17.7. The number of hydrogen-bond acceptors (Lipinski definition) is 4. The van der Waals surface area contributed by atoms with Gasteiger partial charge in [0.15, 0.2) is 0 Å². The summed E-state index contributed by atoms with van der Waals surface area (Å²) in [6, 6.07) is -1.23. The van der Waals surface area contributed by atoms with E-state index in [-0.39, 0.29) is 39.1 Å². The molecule has 0 aromatic rings. The minimum atomic E-state index is -1.16. The molecule has 0 heterocycles. The summed E-state index contributed by atoms with van der Waals surface area (Å²) in [6.07, 6.45) is -0.470. The number of aliphatic carboxylic acids is 1. The molecule has 0 saturated heterocycles. The van der Waals surface area contributed by atoms with Crippen LogP contribution >= 0.6 is 0 Å². The average Bonchev–Trinajstić information content (AvgIpc) is 2.36. The minimum absolute atomic E-state index is 0. The predicted octanol–water partition coefficient (Wildman–Crippen LogP) is 1.28. The van der Waals surface area contributed by atoms with Crippen LogP contribution in [-0.4, -0.2) is 47.6 Å². The van der Waals surface area contributed by atoms with Crippen LogP contribution < -0.4 is 10.6 Å². The van der Waals surface area contributed by atoms with E-state index in [1.165, 1.54) is 0 Å². The van der Waals surface area contributed by atoms with E-state index in [0.29, 0.717) is 0 Å². The van der Waals surface area contributed by atoms with Crippen molar-refractivity contribution in [3.8, 4) is 0 Å². The SMILES string of the molecule is CC.CC(C)[N-]C(=O)C(CC(=O)O)NC(=O)CNC(C)C.[Re]. The molecule has 0 spiro atoms. The van der Waals surface area contributed by atoms with Crippen molar-refractivity contribution in [3.63, 3.8) is 0 Å². The Morgan fingerprint density at radius 2 is 1.59 bits per heavy atom. The van der Waals surface area contributed by atoms with Gasteiger partial charge >= 0.3 is 5.97 Å². The second kappa shape index (κ2) is 14.9. The molecular weight excluding hydrogens is 460 g/mol. The quantitative estimate of drug-likeness (QED) is 0.477. The summed E-state index contributed by atoms with van der Waals surface area (Å²) in [4.78, 5) is 34.0. The molecule has 1 unspecified atom stereocenters. The first-order valence-electron chi connectivity index (χ1n) is 7.21. The van der Waals surface area contributed by atoms with Crippen LogP contribution in [0.1, 0.15) is 48.0 Å². The van der Waals surface area contributed by atoms with Crippen molar-refractivity contribution in [2.75, 3.05) is 6.54 Å². The van der Waals surface area contributed by atoms with Crippen LogP contribution in [0.5, 0.6) is 0 Å². The van der Waals surface area contributed by atoms with Crippen molar-refractivity contribution in [1.29, 1.82) is 0 Å². The molecule has 0 bridgehead atoms. The van der Waals surface area contributed by atoms with Crippen molar-refractivity contribution in [2.24, 2.45) is 0 Å². The van der Waals surface area contributed by atoms with Crippen LogP contribution in [0, 0.1) is 0 Å². The number of carboxylic acids is 1.